The van der Waals surface area contributed by atoms with Crippen molar-refractivity contribution in [3.63, 3.8) is 0 Å². The van der Waals surface area contributed by atoms with Gasteiger partial charge in [-0.15, -0.1) is 0 Å². The molecular formula is C15H25N3. The van der Waals surface area contributed by atoms with Crippen LogP contribution in [0.5, 0.6) is 0 Å². The third-order valence-electron chi connectivity index (χ3n) is 3.89. The van der Waals surface area contributed by atoms with Gasteiger partial charge in [-0.25, -0.2) is 0 Å². The van der Waals surface area contributed by atoms with Gasteiger partial charge < -0.3 is 5.32 Å². The minimum absolute atomic E-state index is 0.597. The second-order valence-electron chi connectivity index (χ2n) is 5.44. The number of rotatable bonds is 4. The van der Waals surface area contributed by atoms with Crippen molar-refractivity contribution in [1.82, 2.24) is 15.2 Å². The van der Waals surface area contributed by atoms with Gasteiger partial charge in [0.05, 0.1) is 5.69 Å². The van der Waals surface area contributed by atoms with E-state index in [1.165, 1.54) is 24.1 Å². The fourth-order valence-electron chi connectivity index (χ4n) is 2.63. The molecule has 1 saturated heterocycles. The van der Waals surface area contributed by atoms with E-state index in [0.717, 1.165) is 19.6 Å². The second-order valence-corrected chi connectivity index (χ2v) is 5.44. The normalized spacial score (nSPS) is 25.3. The Labute approximate surface area is 111 Å². The molecule has 0 spiro atoms. The minimum Gasteiger partial charge on any atom is -0.311 e. The monoisotopic (exact) mass is 247 g/mol. The summed E-state index contributed by atoms with van der Waals surface area (Å²) in [6, 6.07) is 5.41. The van der Waals surface area contributed by atoms with Crippen molar-refractivity contribution in [3.05, 3.63) is 29.6 Å². The molecule has 2 rings (SSSR count). The lowest BCUT2D eigenvalue weighted by Crippen LogP contribution is -2.54. The quantitative estimate of drug-likeness (QED) is 0.885. The molecule has 0 aromatic carbocycles. The van der Waals surface area contributed by atoms with Crippen LogP contribution in [-0.2, 0) is 6.54 Å². The molecular weight excluding hydrogens is 222 g/mol. The lowest BCUT2D eigenvalue weighted by molar-refractivity contribution is 0.128. The SMILES string of the molecule is CCCC1CN(Cc2ncccc2C)C(C)CN1. The van der Waals surface area contributed by atoms with Gasteiger partial charge >= 0.3 is 0 Å². The molecule has 2 heterocycles. The summed E-state index contributed by atoms with van der Waals surface area (Å²) >= 11 is 0. The molecule has 2 atom stereocenters. The molecule has 1 N–H and O–H groups in total. The van der Waals surface area contributed by atoms with Crippen molar-refractivity contribution in [2.75, 3.05) is 13.1 Å². The number of aromatic nitrogens is 1. The molecule has 0 saturated carbocycles. The Morgan fingerprint density at radius 1 is 1.50 bits per heavy atom. The first-order chi connectivity index (χ1) is 8.70. The van der Waals surface area contributed by atoms with Gasteiger partial charge in [-0.3, -0.25) is 9.88 Å². The number of aryl methyl sites for hydroxylation is 1. The highest BCUT2D eigenvalue weighted by atomic mass is 15.2. The Morgan fingerprint density at radius 2 is 2.33 bits per heavy atom. The van der Waals surface area contributed by atoms with E-state index in [-0.39, 0.29) is 0 Å². The molecule has 0 radical (unpaired) electrons. The standard InChI is InChI=1S/C15H25N3/c1-4-6-14-10-18(13(3)9-17-14)11-15-12(2)7-5-8-16-15/h5,7-8,13-14,17H,4,6,9-11H2,1-3H3. The predicted molar refractivity (Wildman–Crippen MR) is 75.5 cm³/mol. The van der Waals surface area contributed by atoms with Crippen LogP contribution in [0.4, 0.5) is 0 Å². The average molecular weight is 247 g/mol. The van der Waals surface area contributed by atoms with E-state index in [4.69, 9.17) is 0 Å². The summed E-state index contributed by atoms with van der Waals surface area (Å²) < 4.78 is 0. The van der Waals surface area contributed by atoms with Crippen LogP contribution >= 0.6 is 0 Å². The lowest BCUT2D eigenvalue weighted by atomic mass is 10.1. The van der Waals surface area contributed by atoms with E-state index in [9.17, 15) is 0 Å². The number of pyridine rings is 1. The second kappa shape index (κ2) is 6.30. The highest BCUT2D eigenvalue weighted by Gasteiger charge is 2.24. The first kappa shape index (κ1) is 13.5. The summed E-state index contributed by atoms with van der Waals surface area (Å²) in [5, 5.41) is 3.64. The number of piperazine rings is 1. The van der Waals surface area contributed by atoms with E-state index in [0.29, 0.717) is 12.1 Å². The van der Waals surface area contributed by atoms with E-state index in [1.54, 1.807) is 0 Å². The molecule has 100 valence electrons. The van der Waals surface area contributed by atoms with Crippen molar-refractivity contribution in [3.8, 4) is 0 Å². The Hall–Kier alpha value is -0.930. The maximum atomic E-state index is 4.52. The zero-order chi connectivity index (χ0) is 13.0. The topological polar surface area (TPSA) is 28.2 Å². The van der Waals surface area contributed by atoms with Crippen LogP contribution < -0.4 is 5.32 Å². The Kier molecular flexibility index (Phi) is 4.72. The molecule has 0 aliphatic carbocycles. The molecule has 3 nitrogen and oxygen atoms in total. The molecule has 0 amide bonds. The summed E-state index contributed by atoms with van der Waals surface area (Å²) in [4.78, 5) is 7.08. The first-order valence-corrected chi connectivity index (χ1v) is 7.08. The minimum atomic E-state index is 0.597. The number of nitrogens with zero attached hydrogens (tertiary/aromatic N) is 2. The van der Waals surface area contributed by atoms with Gasteiger partial charge in [0.1, 0.15) is 0 Å². The summed E-state index contributed by atoms with van der Waals surface area (Å²) in [7, 11) is 0. The van der Waals surface area contributed by atoms with E-state index >= 15 is 0 Å². The van der Waals surface area contributed by atoms with Crippen LogP contribution in [0.3, 0.4) is 0 Å². The van der Waals surface area contributed by atoms with Crippen LogP contribution in [0, 0.1) is 6.92 Å². The van der Waals surface area contributed by atoms with Crippen molar-refractivity contribution in [2.24, 2.45) is 0 Å². The van der Waals surface area contributed by atoms with Crippen LogP contribution in [0.15, 0.2) is 18.3 Å². The van der Waals surface area contributed by atoms with E-state index in [1.807, 2.05) is 12.3 Å². The van der Waals surface area contributed by atoms with Crippen LogP contribution in [0.2, 0.25) is 0 Å². The number of hydrogen-bond acceptors (Lipinski definition) is 3. The van der Waals surface area contributed by atoms with Gasteiger partial charge in [0.25, 0.3) is 0 Å². The van der Waals surface area contributed by atoms with Gasteiger partial charge in [-0.1, -0.05) is 19.4 Å². The van der Waals surface area contributed by atoms with Crippen molar-refractivity contribution in [2.45, 2.75) is 52.2 Å². The Balaban J connectivity index is 2.00. The van der Waals surface area contributed by atoms with E-state index < -0.39 is 0 Å². The third-order valence-corrected chi connectivity index (χ3v) is 3.89. The Morgan fingerprint density at radius 3 is 3.06 bits per heavy atom. The van der Waals surface area contributed by atoms with Crippen molar-refractivity contribution in [1.29, 1.82) is 0 Å². The lowest BCUT2D eigenvalue weighted by Gasteiger charge is -2.38. The van der Waals surface area contributed by atoms with E-state index in [2.05, 4.69) is 42.0 Å². The summed E-state index contributed by atoms with van der Waals surface area (Å²) in [5.74, 6) is 0. The molecule has 2 unspecified atom stereocenters. The molecule has 1 fully saturated rings. The van der Waals surface area contributed by atoms with Crippen LogP contribution in [0.25, 0.3) is 0 Å². The van der Waals surface area contributed by atoms with Gasteiger partial charge in [-0.2, -0.15) is 0 Å². The van der Waals surface area contributed by atoms with Gasteiger partial charge in [0.2, 0.25) is 0 Å². The summed E-state index contributed by atoms with van der Waals surface area (Å²) in [5.41, 5.74) is 2.52. The third kappa shape index (κ3) is 3.30. The fourth-order valence-corrected chi connectivity index (χ4v) is 2.63. The average Bonchev–Trinajstić information content (AvgIpc) is 2.36. The smallest absolute Gasteiger partial charge is 0.0573 e. The maximum absolute atomic E-state index is 4.52. The molecule has 1 aliphatic heterocycles. The molecule has 1 aliphatic rings. The molecule has 0 bridgehead atoms. The Bertz CT molecular complexity index is 378. The zero-order valence-corrected chi connectivity index (χ0v) is 11.8. The highest BCUT2D eigenvalue weighted by molar-refractivity contribution is 5.17. The summed E-state index contributed by atoms with van der Waals surface area (Å²) in [6.45, 7) is 9.93. The van der Waals surface area contributed by atoms with Gasteiger partial charge in [0, 0.05) is 37.9 Å². The van der Waals surface area contributed by atoms with Gasteiger partial charge in [0.15, 0.2) is 0 Å². The number of nitrogens with one attached hydrogen (secondary N) is 1. The zero-order valence-electron chi connectivity index (χ0n) is 11.8. The first-order valence-electron chi connectivity index (χ1n) is 7.08. The highest BCUT2D eigenvalue weighted by Crippen LogP contribution is 2.15. The number of hydrogen-bond donors (Lipinski definition) is 1. The predicted octanol–water partition coefficient (Wildman–Crippen LogP) is 2.35. The van der Waals surface area contributed by atoms with Gasteiger partial charge in [-0.05, 0) is 31.9 Å². The molecule has 1 aromatic heterocycles. The summed E-state index contributed by atoms with van der Waals surface area (Å²) in [6.07, 6.45) is 4.42. The molecule has 18 heavy (non-hydrogen) atoms. The maximum Gasteiger partial charge on any atom is 0.0573 e. The molecule has 3 heteroatoms. The fraction of sp³-hybridized carbons (Fsp3) is 0.667. The van der Waals surface area contributed by atoms with Crippen molar-refractivity contribution >= 4 is 0 Å². The van der Waals surface area contributed by atoms with Crippen molar-refractivity contribution < 1.29 is 0 Å². The van der Waals surface area contributed by atoms with Crippen LogP contribution in [0.1, 0.15) is 37.9 Å². The largest absolute Gasteiger partial charge is 0.311 e. The molecule has 1 aromatic rings. The van der Waals surface area contributed by atoms with Crippen LogP contribution in [-0.4, -0.2) is 35.1 Å².